The lowest BCUT2D eigenvalue weighted by Crippen LogP contribution is -2.21. The van der Waals surface area contributed by atoms with E-state index in [0.717, 1.165) is 5.70 Å². The van der Waals surface area contributed by atoms with Crippen LogP contribution in [0.3, 0.4) is 0 Å². The molecular weight excluding hydrogens is 184 g/mol. The summed E-state index contributed by atoms with van der Waals surface area (Å²) < 4.78 is 0. The van der Waals surface area contributed by atoms with Crippen molar-refractivity contribution in [1.29, 1.82) is 0 Å². The Bertz CT molecular complexity index is 262. The van der Waals surface area contributed by atoms with Crippen LogP contribution in [0.25, 0.3) is 0 Å². The standard InChI is InChI=1S/C11H16N2.C2H6/c1-9-4-5-10(2)13-11(3)6-7-12-8-9;1-2/h4-9,11,13H,2H2,1,3H3;1-2H3/b5-4-,7-6-,12-8?;. The van der Waals surface area contributed by atoms with Crippen LogP contribution in [0.1, 0.15) is 27.7 Å². The Morgan fingerprint density at radius 1 is 1.27 bits per heavy atom. The van der Waals surface area contributed by atoms with Gasteiger partial charge in [-0.2, -0.15) is 0 Å². The molecule has 0 fully saturated rings. The van der Waals surface area contributed by atoms with E-state index in [-0.39, 0.29) is 6.04 Å². The number of hydrogen-bond acceptors (Lipinski definition) is 2. The molecule has 0 bridgehead atoms. The highest BCUT2D eigenvalue weighted by Gasteiger charge is 1.97. The van der Waals surface area contributed by atoms with Crippen LogP contribution in [-0.2, 0) is 0 Å². The van der Waals surface area contributed by atoms with Crippen molar-refractivity contribution in [3.8, 4) is 0 Å². The largest absolute Gasteiger partial charge is 0.380 e. The summed E-state index contributed by atoms with van der Waals surface area (Å²) in [6.07, 6.45) is 9.81. The summed E-state index contributed by atoms with van der Waals surface area (Å²) in [5.41, 5.74) is 0.944. The molecule has 0 aromatic heterocycles. The van der Waals surface area contributed by atoms with Gasteiger partial charge in [0.05, 0.1) is 0 Å². The van der Waals surface area contributed by atoms with Crippen molar-refractivity contribution in [2.24, 2.45) is 10.9 Å². The summed E-state index contributed by atoms with van der Waals surface area (Å²) >= 11 is 0. The van der Waals surface area contributed by atoms with Gasteiger partial charge in [0.2, 0.25) is 0 Å². The summed E-state index contributed by atoms with van der Waals surface area (Å²) in [7, 11) is 0. The second-order valence-corrected chi connectivity index (χ2v) is 3.32. The van der Waals surface area contributed by atoms with Gasteiger partial charge in [-0.15, -0.1) is 0 Å². The van der Waals surface area contributed by atoms with Gasteiger partial charge >= 0.3 is 0 Å². The fourth-order valence-corrected chi connectivity index (χ4v) is 1.07. The van der Waals surface area contributed by atoms with E-state index in [1.807, 2.05) is 38.4 Å². The highest BCUT2D eigenvalue weighted by atomic mass is 14.9. The Labute approximate surface area is 93.5 Å². The van der Waals surface area contributed by atoms with Crippen LogP contribution in [0.15, 0.2) is 41.7 Å². The molecule has 15 heavy (non-hydrogen) atoms. The van der Waals surface area contributed by atoms with Crippen molar-refractivity contribution in [2.45, 2.75) is 33.7 Å². The summed E-state index contributed by atoms with van der Waals surface area (Å²) in [4.78, 5) is 4.16. The minimum absolute atomic E-state index is 0.280. The minimum atomic E-state index is 0.280. The smallest absolute Gasteiger partial charge is 0.0433 e. The Morgan fingerprint density at radius 3 is 2.60 bits per heavy atom. The lowest BCUT2D eigenvalue weighted by atomic mass is 10.1. The SMILES string of the molecule is C=C1/C=C\C(C)C=N/C=C\C(C)N1.CC. The van der Waals surface area contributed by atoms with Gasteiger partial charge in [0.1, 0.15) is 0 Å². The van der Waals surface area contributed by atoms with E-state index in [9.17, 15) is 0 Å². The normalized spacial score (nSPS) is 29.5. The molecule has 0 aromatic carbocycles. The Balaban J connectivity index is 0.000000921. The average molecular weight is 206 g/mol. The molecule has 2 heteroatoms. The molecule has 1 aliphatic heterocycles. The van der Waals surface area contributed by atoms with E-state index in [1.165, 1.54) is 0 Å². The van der Waals surface area contributed by atoms with Crippen LogP contribution in [0, 0.1) is 5.92 Å². The maximum Gasteiger partial charge on any atom is 0.0433 e. The number of aliphatic imine (C=N–C) groups is 1. The first-order valence-corrected chi connectivity index (χ1v) is 5.52. The van der Waals surface area contributed by atoms with E-state index < -0.39 is 0 Å². The summed E-state index contributed by atoms with van der Waals surface area (Å²) in [5, 5.41) is 3.23. The van der Waals surface area contributed by atoms with E-state index in [1.54, 1.807) is 0 Å². The monoisotopic (exact) mass is 206 g/mol. The third-order valence-corrected chi connectivity index (χ3v) is 1.80. The van der Waals surface area contributed by atoms with Gasteiger partial charge in [0.25, 0.3) is 0 Å². The molecule has 0 saturated carbocycles. The first-order valence-electron chi connectivity index (χ1n) is 5.52. The molecule has 0 aliphatic carbocycles. The third-order valence-electron chi connectivity index (χ3n) is 1.80. The van der Waals surface area contributed by atoms with Crippen molar-refractivity contribution in [1.82, 2.24) is 5.32 Å². The molecule has 0 radical (unpaired) electrons. The first-order chi connectivity index (χ1) is 7.18. The van der Waals surface area contributed by atoms with Crippen LogP contribution >= 0.6 is 0 Å². The van der Waals surface area contributed by atoms with Crippen molar-refractivity contribution in [2.75, 3.05) is 0 Å². The van der Waals surface area contributed by atoms with Crippen molar-refractivity contribution < 1.29 is 0 Å². The molecule has 0 aromatic rings. The van der Waals surface area contributed by atoms with Crippen LogP contribution < -0.4 is 5.32 Å². The molecule has 0 saturated heterocycles. The van der Waals surface area contributed by atoms with Gasteiger partial charge in [-0.3, -0.25) is 4.99 Å². The lowest BCUT2D eigenvalue weighted by Gasteiger charge is -2.11. The van der Waals surface area contributed by atoms with E-state index in [2.05, 4.69) is 36.8 Å². The minimum Gasteiger partial charge on any atom is -0.380 e. The first kappa shape index (κ1) is 13.7. The molecule has 1 N–H and O–H groups in total. The fraction of sp³-hybridized carbons (Fsp3) is 0.462. The molecule has 1 aliphatic rings. The van der Waals surface area contributed by atoms with E-state index in [4.69, 9.17) is 0 Å². The number of hydrogen-bond donors (Lipinski definition) is 1. The summed E-state index contributed by atoms with van der Waals surface area (Å²) in [6.45, 7) is 12.1. The van der Waals surface area contributed by atoms with Gasteiger partial charge in [-0.05, 0) is 19.1 Å². The summed E-state index contributed by atoms with van der Waals surface area (Å²) in [6, 6.07) is 0.280. The molecule has 2 atom stereocenters. The van der Waals surface area contributed by atoms with Crippen LogP contribution in [0.4, 0.5) is 0 Å². The topological polar surface area (TPSA) is 24.4 Å². The second kappa shape index (κ2) is 8.04. The van der Waals surface area contributed by atoms with Crippen molar-refractivity contribution in [3.63, 3.8) is 0 Å². The average Bonchev–Trinajstić information content (AvgIpc) is 2.24. The number of nitrogens with one attached hydrogen (secondary N) is 1. The highest BCUT2D eigenvalue weighted by Crippen LogP contribution is 2.00. The zero-order chi connectivity index (χ0) is 11.7. The fourth-order valence-electron chi connectivity index (χ4n) is 1.07. The highest BCUT2D eigenvalue weighted by molar-refractivity contribution is 5.63. The van der Waals surface area contributed by atoms with Gasteiger partial charge < -0.3 is 5.32 Å². The molecule has 1 heterocycles. The maximum atomic E-state index is 4.16. The zero-order valence-corrected chi connectivity index (χ0v) is 10.2. The third kappa shape index (κ3) is 6.72. The molecule has 2 nitrogen and oxygen atoms in total. The number of nitrogens with zero attached hydrogens (tertiary/aromatic N) is 1. The molecule has 0 amide bonds. The van der Waals surface area contributed by atoms with Gasteiger partial charge in [-0.1, -0.05) is 33.4 Å². The summed E-state index contributed by atoms with van der Waals surface area (Å²) in [5.74, 6) is 0.358. The Morgan fingerprint density at radius 2 is 1.93 bits per heavy atom. The van der Waals surface area contributed by atoms with Crippen molar-refractivity contribution in [3.05, 3.63) is 36.7 Å². The van der Waals surface area contributed by atoms with Gasteiger partial charge in [0.15, 0.2) is 0 Å². The van der Waals surface area contributed by atoms with E-state index in [0.29, 0.717) is 5.92 Å². The van der Waals surface area contributed by atoms with Crippen LogP contribution in [0.2, 0.25) is 0 Å². The lowest BCUT2D eigenvalue weighted by molar-refractivity contribution is 0.742. The zero-order valence-electron chi connectivity index (χ0n) is 10.2. The predicted octanol–water partition coefficient (Wildman–Crippen LogP) is 3.29. The molecule has 84 valence electrons. The Hall–Kier alpha value is -1.31. The predicted molar refractivity (Wildman–Crippen MR) is 69.0 cm³/mol. The van der Waals surface area contributed by atoms with Crippen LogP contribution in [0.5, 0.6) is 0 Å². The maximum absolute atomic E-state index is 4.16. The van der Waals surface area contributed by atoms with Crippen molar-refractivity contribution >= 4 is 6.21 Å². The second-order valence-electron chi connectivity index (χ2n) is 3.32. The van der Waals surface area contributed by atoms with Gasteiger partial charge in [0, 0.05) is 30.1 Å². The number of rotatable bonds is 0. The van der Waals surface area contributed by atoms with Gasteiger partial charge in [-0.25, -0.2) is 0 Å². The quantitative estimate of drug-likeness (QED) is 0.646. The molecule has 0 spiro atoms. The van der Waals surface area contributed by atoms with Crippen LogP contribution in [-0.4, -0.2) is 12.3 Å². The Kier molecular flexibility index (Phi) is 7.33. The molecule has 2 unspecified atom stereocenters. The molecular formula is C13H22N2. The molecule has 1 rings (SSSR count). The number of allylic oxidation sites excluding steroid dienone is 2. The van der Waals surface area contributed by atoms with E-state index >= 15 is 0 Å².